The second kappa shape index (κ2) is 10.3. The van der Waals surface area contributed by atoms with Gasteiger partial charge in [-0.05, 0) is 100 Å². The first-order valence-electron chi connectivity index (χ1n) is 13.7. The van der Waals surface area contributed by atoms with Gasteiger partial charge >= 0.3 is 0 Å². The molecule has 6 atom stereocenters. The third-order valence-electron chi connectivity index (χ3n) is 9.45. The zero-order valence-electron chi connectivity index (χ0n) is 23.2. The van der Waals surface area contributed by atoms with Gasteiger partial charge in [-0.15, -0.1) is 0 Å². The van der Waals surface area contributed by atoms with Crippen molar-refractivity contribution >= 4 is 8.32 Å². The van der Waals surface area contributed by atoms with Gasteiger partial charge in [0, 0.05) is 19.1 Å². The minimum Gasteiger partial charge on any atom is -0.414 e. The van der Waals surface area contributed by atoms with E-state index in [1.165, 1.54) is 38.5 Å². The average molecular weight is 477 g/mol. The second-order valence-electron chi connectivity index (χ2n) is 13.5. The summed E-state index contributed by atoms with van der Waals surface area (Å²) >= 11 is 0. The summed E-state index contributed by atoms with van der Waals surface area (Å²) in [5, 5.41) is 0.277. The lowest BCUT2D eigenvalue weighted by atomic mass is 9.61. The van der Waals surface area contributed by atoms with Crippen molar-refractivity contribution in [3.05, 3.63) is 0 Å². The largest absolute Gasteiger partial charge is 0.414 e. The third-order valence-corrected chi connectivity index (χ3v) is 14.0. The van der Waals surface area contributed by atoms with Gasteiger partial charge in [0.1, 0.15) is 5.60 Å². The molecule has 3 aliphatic rings. The summed E-state index contributed by atoms with van der Waals surface area (Å²) in [6.07, 6.45) is 11.2. The van der Waals surface area contributed by atoms with E-state index in [2.05, 4.69) is 73.4 Å². The van der Waals surface area contributed by atoms with Crippen molar-refractivity contribution in [3.63, 3.8) is 0 Å². The van der Waals surface area contributed by atoms with E-state index in [0.717, 1.165) is 31.8 Å². The Kier molecular flexibility index (Phi) is 8.53. The Morgan fingerprint density at radius 3 is 2.39 bits per heavy atom. The quantitative estimate of drug-likeness (QED) is 0.287. The minimum atomic E-state index is -1.74. The topological polar surface area (TPSA) is 27.7 Å². The van der Waals surface area contributed by atoms with Gasteiger partial charge in [0.2, 0.25) is 0 Å². The van der Waals surface area contributed by atoms with Crippen molar-refractivity contribution in [2.75, 3.05) is 6.61 Å². The van der Waals surface area contributed by atoms with Crippen molar-refractivity contribution in [1.29, 1.82) is 0 Å². The predicted molar refractivity (Wildman–Crippen MR) is 141 cm³/mol. The maximum atomic E-state index is 7.03. The molecule has 3 rings (SSSR count). The fraction of sp³-hybridized carbons (Fsp3) is 0.931. The van der Waals surface area contributed by atoms with Gasteiger partial charge in [-0.25, -0.2) is 0 Å². The van der Waals surface area contributed by atoms with Crippen LogP contribution in [0.5, 0.6) is 0 Å². The molecule has 3 nitrogen and oxygen atoms in total. The van der Waals surface area contributed by atoms with Gasteiger partial charge in [-0.1, -0.05) is 52.9 Å². The molecule has 33 heavy (non-hydrogen) atoms. The van der Waals surface area contributed by atoms with Crippen LogP contribution in [0.15, 0.2) is 0 Å². The lowest BCUT2D eigenvalue weighted by Gasteiger charge is -2.49. The normalized spacial score (nSPS) is 34.3. The van der Waals surface area contributed by atoms with Gasteiger partial charge in [-0.3, -0.25) is 0 Å². The van der Waals surface area contributed by atoms with E-state index in [1.807, 2.05) is 0 Å². The van der Waals surface area contributed by atoms with Gasteiger partial charge in [0.05, 0.1) is 0 Å². The summed E-state index contributed by atoms with van der Waals surface area (Å²) in [5.74, 6) is 9.02. The first-order chi connectivity index (χ1) is 15.3. The van der Waals surface area contributed by atoms with Crippen molar-refractivity contribution in [2.24, 2.45) is 23.2 Å². The standard InChI is InChI=1S/C29H52O3Si/c1-22(14-12-19-28(5,6)31-26-16-10-11-21-30-26)23-17-18-24-25(15-13-20-29(23,24)7)32-33(8,9)27(2,3)4/h22-26H,10-11,13-18,20-21H2,1-9H3/t22-,23+,24+,25+,26?,29-/m1/s1. The van der Waals surface area contributed by atoms with Crippen LogP contribution in [0, 0.1) is 35.0 Å². The molecular formula is C29H52O3Si. The third kappa shape index (κ3) is 6.46. The molecule has 0 bridgehead atoms. The molecule has 3 fully saturated rings. The number of fused-ring (bicyclic) bond motifs is 1. The predicted octanol–water partition coefficient (Wildman–Crippen LogP) is 7.94. The maximum absolute atomic E-state index is 7.03. The Morgan fingerprint density at radius 1 is 1.03 bits per heavy atom. The maximum Gasteiger partial charge on any atom is 0.192 e. The molecule has 0 aromatic rings. The van der Waals surface area contributed by atoms with Crippen LogP contribution < -0.4 is 0 Å². The van der Waals surface area contributed by atoms with E-state index >= 15 is 0 Å². The van der Waals surface area contributed by atoms with Gasteiger partial charge in [0.25, 0.3) is 0 Å². The highest BCUT2D eigenvalue weighted by molar-refractivity contribution is 6.74. The Balaban J connectivity index is 1.61. The van der Waals surface area contributed by atoms with Gasteiger partial charge < -0.3 is 13.9 Å². The Hall–Kier alpha value is -0.343. The van der Waals surface area contributed by atoms with Crippen LogP contribution in [0.4, 0.5) is 0 Å². The Bertz CT molecular complexity index is 707. The summed E-state index contributed by atoms with van der Waals surface area (Å²) < 4.78 is 19.0. The molecule has 4 heteroatoms. The van der Waals surface area contributed by atoms with Crippen LogP contribution >= 0.6 is 0 Å². The van der Waals surface area contributed by atoms with Crippen LogP contribution in [0.25, 0.3) is 0 Å². The van der Waals surface area contributed by atoms with Crippen LogP contribution in [-0.4, -0.2) is 32.9 Å². The first-order valence-corrected chi connectivity index (χ1v) is 16.6. The van der Waals surface area contributed by atoms with Crippen molar-refractivity contribution in [2.45, 2.75) is 142 Å². The van der Waals surface area contributed by atoms with E-state index < -0.39 is 13.9 Å². The van der Waals surface area contributed by atoms with Crippen molar-refractivity contribution in [3.8, 4) is 11.8 Å². The SMILES string of the molecule is C[C@H](CC#CC(C)(C)OC1CCCCO1)[C@@H]1CC[C@H]2[C@@H](O[Si](C)(C)C(C)(C)C)CCC[C@]12C. The van der Waals surface area contributed by atoms with Gasteiger partial charge in [-0.2, -0.15) is 0 Å². The summed E-state index contributed by atoms with van der Waals surface area (Å²) in [4.78, 5) is 0. The second-order valence-corrected chi connectivity index (χ2v) is 18.3. The minimum absolute atomic E-state index is 0.0879. The summed E-state index contributed by atoms with van der Waals surface area (Å²) in [5.41, 5.74) is -0.0505. The molecule has 1 saturated heterocycles. The number of ether oxygens (including phenoxy) is 2. The highest BCUT2D eigenvalue weighted by Crippen LogP contribution is 2.59. The number of hydrogen-bond donors (Lipinski definition) is 0. The average Bonchev–Trinajstić information content (AvgIpc) is 3.05. The van der Waals surface area contributed by atoms with E-state index in [4.69, 9.17) is 13.9 Å². The lowest BCUT2D eigenvalue weighted by molar-refractivity contribution is -0.199. The molecule has 2 aliphatic carbocycles. The molecule has 1 unspecified atom stereocenters. The van der Waals surface area contributed by atoms with Crippen molar-refractivity contribution in [1.82, 2.24) is 0 Å². The molecule has 0 aromatic heterocycles. The number of rotatable bonds is 6. The molecule has 0 radical (unpaired) electrons. The molecule has 190 valence electrons. The molecule has 0 spiro atoms. The highest BCUT2D eigenvalue weighted by Gasteiger charge is 2.54. The van der Waals surface area contributed by atoms with Gasteiger partial charge in [0.15, 0.2) is 14.6 Å². The van der Waals surface area contributed by atoms with E-state index in [9.17, 15) is 0 Å². The highest BCUT2D eigenvalue weighted by atomic mass is 28.4. The zero-order valence-corrected chi connectivity index (χ0v) is 24.2. The van der Waals surface area contributed by atoms with Crippen LogP contribution in [0.1, 0.15) is 106 Å². The van der Waals surface area contributed by atoms with Crippen LogP contribution in [0.2, 0.25) is 18.1 Å². The summed E-state index contributed by atoms with van der Waals surface area (Å²) in [6, 6.07) is 0. The molecule has 2 saturated carbocycles. The Labute approximate surface area is 206 Å². The molecule has 0 aromatic carbocycles. The summed E-state index contributed by atoms with van der Waals surface area (Å²) in [6.45, 7) is 21.9. The molecule has 0 amide bonds. The van der Waals surface area contributed by atoms with E-state index in [-0.39, 0.29) is 11.3 Å². The van der Waals surface area contributed by atoms with Crippen molar-refractivity contribution < 1.29 is 13.9 Å². The molecular weight excluding hydrogens is 424 g/mol. The molecule has 1 aliphatic heterocycles. The molecule has 0 N–H and O–H groups in total. The lowest BCUT2D eigenvalue weighted by Crippen LogP contribution is -2.50. The first kappa shape index (κ1) is 27.2. The summed E-state index contributed by atoms with van der Waals surface area (Å²) in [7, 11) is -1.74. The molecule has 1 heterocycles. The fourth-order valence-electron chi connectivity index (χ4n) is 6.52. The fourth-order valence-corrected chi connectivity index (χ4v) is 7.91. The Morgan fingerprint density at radius 2 is 1.76 bits per heavy atom. The van der Waals surface area contributed by atoms with Crippen LogP contribution in [0.3, 0.4) is 0 Å². The van der Waals surface area contributed by atoms with E-state index in [0.29, 0.717) is 23.4 Å². The van der Waals surface area contributed by atoms with E-state index in [1.54, 1.807) is 0 Å². The van der Waals surface area contributed by atoms with Crippen LogP contribution in [-0.2, 0) is 13.9 Å². The smallest absolute Gasteiger partial charge is 0.192 e. The zero-order chi connectivity index (χ0) is 24.5. The monoisotopic (exact) mass is 476 g/mol. The number of hydrogen-bond acceptors (Lipinski definition) is 3.